The summed E-state index contributed by atoms with van der Waals surface area (Å²) < 4.78 is 25.6. The maximum atomic E-state index is 11.5. The second-order valence-electron chi connectivity index (χ2n) is 3.78. The molecule has 3 nitrogen and oxygen atoms in total. The Bertz CT molecular complexity index is 276. The van der Waals surface area contributed by atoms with Crippen LogP contribution in [0, 0.1) is 0 Å². The van der Waals surface area contributed by atoms with Gasteiger partial charge in [-0.3, -0.25) is 0 Å². The van der Waals surface area contributed by atoms with E-state index in [9.17, 15) is 8.42 Å². The van der Waals surface area contributed by atoms with E-state index in [-0.39, 0.29) is 6.04 Å². The first-order valence-corrected chi connectivity index (χ1v) is 6.87. The molecular weight excluding hydrogens is 198 g/mol. The Hall–Kier alpha value is -0.350. The zero-order valence-corrected chi connectivity index (χ0v) is 9.52. The van der Waals surface area contributed by atoms with Crippen LogP contribution >= 0.6 is 0 Å². The Balaban J connectivity index is 2.45. The highest BCUT2D eigenvalue weighted by molar-refractivity contribution is 7.92. The van der Waals surface area contributed by atoms with Crippen LogP contribution in [0.3, 0.4) is 0 Å². The Kier molecular flexibility index (Phi) is 4.62. The maximum absolute atomic E-state index is 11.5. The van der Waals surface area contributed by atoms with Gasteiger partial charge in [0.25, 0.3) is 0 Å². The Morgan fingerprint density at radius 2 is 1.93 bits per heavy atom. The van der Waals surface area contributed by atoms with Crippen molar-refractivity contribution in [2.45, 2.75) is 51.5 Å². The molecule has 1 rings (SSSR count). The van der Waals surface area contributed by atoms with E-state index in [0.29, 0.717) is 0 Å². The Labute approximate surface area is 86.6 Å². The van der Waals surface area contributed by atoms with E-state index < -0.39 is 10.0 Å². The average Bonchev–Trinajstić information content (AvgIpc) is 2.16. The van der Waals surface area contributed by atoms with Crippen LogP contribution in [0.4, 0.5) is 0 Å². The monoisotopic (exact) mass is 217 g/mol. The summed E-state index contributed by atoms with van der Waals surface area (Å²) in [6, 6.07) is 0.162. The van der Waals surface area contributed by atoms with Crippen molar-refractivity contribution in [1.29, 1.82) is 0 Å². The second kappa shape index (κ2) is 5.51. The van der Waals surface area contributed by atoms with E-state index in [4.69, 9.17) is 0 Å². The fourth-order valence-corrected chi connectivity index (χ4v) is 2.94. The van der Waals surface area contributed by atoms with Gasteiger partial charge in [0.2, 0.25) is 10.0 Å². The molecule has 0 aromatic rings. The van der Waals surface area contributed by atoms with Crippen molar-refractivity contribution in [1.82, 2.24) is 4.72 Å². The van der Waals surface area contributed by atoms with Crippen molar-refractivity contribution < 1.29 is 8.42 Å². The van der Waals surface area contributed by atoms with Crippen LogP contribution in [0.25, 0.3) is 0 Å². The molecule has 0 unspecified atom stereocenters. The molecule has 4 heteroatoms. The first kappa shape index (κ1) is 11.7. The molecule has 0 aromatic carbocycles. The van der Waals surface area contributed by atoms with Crippen LogP contribution < -0.4 is 4.72 Å². The van der Waals surface area contributed by atoms with Crippen molar-refractivity contribution in [2.75, 3.05) is 0 Å². The summed E-state index contributed by atoms with van der Waals surface area (Å²) in [4.78, 5) is 0. The smallest absolute Gasteiger partial charge is 0.209 e. The fraction of sp³-hybridized carbons (Fsp3) is 0.800. The predicted octanol–water partition coefficient (Wildman–Crippen LogP) is 2.16. The van der Waals surface area contributed by atoms with Gasteiger partial charge in [-0.05, 0) is 19.3 Å². The van der Waals surface area contributed by atoms with Gasteiger partial charge in [0.1, 0.15) is 0 Å². The molecule has 0 amide bonds. The third-order valence-corrected chi connectivity index (χ3v) is 3.66. The van der Waals surface area contributed by atoms with Crippen LogP contribution in [-0.4, -0.2) is 14.5 Å². The van der Waals surface area contributed by atoms with Crippen molar-refractivity contribution in [2.24, 2.45) is 0 Å². The molecule has 0 atom stereocenters. The van der Waals surface area contributed by atoms with Crippen molar-refractivity contribution in [3.63, 3.8) is 0 Å². The SMILES string of the molecule is CCC=CS(=O)(=O)NC1CCCCC1. The summed E-state index contributed by atoms with van der Waals surface area (Å²) in [5.41, 5.74) is 0. The summed E-state index contributed by atoms with van der Waals surface area (Å²) >= 11 is 0. The van der Waals surface area contributed by atoms with Gasteiger partial charge < -0.3 is 0 Å². The maximum Gasteiger partial charge on any atom is 0.233 e. The van der Waals surface area contributed by atoms with Gasteiger partial charge in [0.15, 0.2) is 0 Å². The number of hydrogen-bond acceptors (Lipinski definition) is 2. The van der Waals surface area contributed by atoms with Gasteiger partial charge in [-0.2, -0.15) is 0 Å². The zero-order chi connectivity index (χ0) is 10.4. The largest absolute Gasteiger partial charge is 0.233 e. The summed E-state index contributed by atoms with van der Waals surface area (Å²) in [6.07, 6.45) is 7.92. The normalized spacial score (nSPS) is 20.4. The molecule has 0 aromatic heterocycles. The lowest BCUT2D eigenvalue weighted by Gasteiger charge is -2.21. The molecule has 0 radical (unpaired) electrons. The third-order valence-electron chi connectivity index (χ3n) is 2.45. The topological polar surface area (TPSA) is 46.2 Å². The van der Waals surface area contributed by atoms with Crippen LogP contribution in [0.5, 0.6) is 0 Å². The molecule has 0 spiro atoms. The zero-order valence-electron chi connectivity index (χ0n) is 8.70. The van der Waals surface area contributed by atoms with Gasteiger partial charge >= 0.3 is 0 Å². The van der Waals surface area contributed by atoms with Crippen molar-refractivity contribution >= 4 is 10.0 Å². The highest BCUT2D eigenvalue weighted by Crippen LogP contribution is 2.18. The lowest BCUT2D eigenvalue weighted by molar-refractivity contribution is 0.413. The molecule has 0 saturated heterocycles. The fourth-order valence-electron chi connectivity index (χ4n) is 1.71. The van der Waals surface area contributed by atoms with E-state index >= 15 is 0 Å². The summed E-state index contributed by atoms with van der Waals surface area (Å²) in [5, 5.41) is 1.28. The molecule has 0 aliphatic heterocycles. The van der Waals surface area contributed by atoms with Crippen LogP contribution in [-0.2, 0) is 10.0 Å². The molecule has 0 bridgehead atoms. The van der Waals surface area contributed by atoms with Gasteiger partial charge in [0.05, 0.1) is 0 Å². The first-order valence-electron chi connectivity index (χ1n) is 5.33. The molecule has 1 aliphatic carbocycles. The number of rotatable bonds is 4. The van der Waals surface area contributed by atoms with E-state index in [1.54, 1.807) is 6.08 Å². The summed E-state index contributed by atoms with van der Waals surface area (Å²) in [6.45, 7) is 1.92. The highest BCUT2D eigenvalue weighted by Gasteiger charge is 2.17. The molecule has 1 fully saturated rings. The van der Waals surface area contributed by atoms with Gasteiger partial charge in [-0.25, -0.2) is 13.1 Å². The average molecular weight is 217 g/mol. The third kappa shape index (κ3) is 4.24. The Morgan fingerprint density at radius 3 is 2.50 bits per heavy atom. The van der Waals surface area contributed by atoms with E-state index in [1.807, 2.05) is 6.92 Å². The van der Waals surface area contributed by atoms with E-state index in [1.165, 1.54) is 11.8 Å². The number of hydrogen-bond donors (Lipinski definition) is 1. The quantitative estimate of drug-likeness (QED) is 0.784. The summed E-state index contributed by atoms with van der Waals surface area (Å²) in [7, 11) is -3.17. The van der Waals surface area contributed by atoms with Crippen molar-refractivity contribution in [3.05, 3.63) is 11.5 Å². The standard InChI is InChI=1S/C10H19NO2S/c1-2-3-9-14(12,13)11-10-7-5-4-6-8-10/h3,9-11H,2,4-8H2,1H3. The minimum absolute atomic E-state index is 0.162. The second-order valence-corrected chi connectivity index (χ2v) is 5.38. The number of nitrogens with one attached hydrogen (secondary N) is 1. The summed E-state index contributed by atoms with van der Waals surface area (Å²) in [5.74, 6) is 0. The van der Waals surface area contributed by atoms with E-state index in [2.05, 4.69) is 4.72 Å². The molecule has 1 aliphatic rings. The minimum atomic E-state index is -3.17. The number of sulfonamides is 1. The van der Waals surface area contributed by atoms with Crippen LogP contribution in [0.15, 0.2) is 11.5 Å². The van der Waals surface area contributed by atoms with E-state index in [0.717, 1.165) is 32.1 Å². The molecule has 0 heterocycles. The minimum Gasteiger partial charge on any atom is -0.209 e. The highest BCUT2D eigenvalue weighted by atomic mass is 32.2. The number of allylic oxidation sites excluding steroid dienone is 1. The molecule has 1 saturated carbocycles. The Morgan fingerprint density at radius 1 is 1.29 bits per heavy atom. The molecule has 14 heavy (non-hydrogen) atoms. The van der Waals surface area contributed by atoms with Crippen LogP contribution in [0.2, 0.25) is 0 Å². The lowest BCUT2D eigenvalue weighted by Crippen LogP contribution is -2.34. The van der Waals surface area contributed by atoms with Crippen LogP contribution in [0.1, 0.15) is 45.4 Å². The molecule has 1 N–H and O–H groups in total. The molecular formula is C10H19NO2S. The van der Waals surface area contributed by atoms with Gasteiger partial charge in [0, 0.05) is 11.4 Å². The van der Waals surface area contributed by atoms with Gasteiger partial charge in [-0.1, -0.05) is 32.3 Å². The first-order chi connectivity index (χ1) is 6.64. The van der Waals surface area contributed by atoms with Crippen molar-refractivity contribution in [3.8, 4) is 0 Å². The van der Waals surface area contributed by atoms with Gasteiger partial charge in [-0.15, -0.1) is 0 Å². The predicted molar refractivity (Wildman–Crippen MR) is 58.4 cm³/mol. The molecule has 82 valence electrons. The lowest BCUT2D eigenvalue weighted by atomic mass is 9.96.